The van der Waals surface area contributed by atoms with Crippen molar-refractivity contribution in [3.63, 3.8) is 0 Å². The highest BCUT2D eigenvalue weighted by molar-refractivity contribution is 9.09. The van der Waals surface area contributed by atoms with Gasteiger partial charge in [0.1, 0.15) is 12.0 Å². The Bertz CT molecular complexity index is 102. The van der Waals surface area contributed by atoms with E-state index in [2.05, 4.69) is 15.9 Å². The van der Waals surface area contributed by atoms with E-state index in [1.807, 2.05) is 6.92 Å². The molecule has 0 saturated heterocycles. The second kappa shape index (κ2) is 6.93. The molecule has 0 aliphatic carbocycles. The lowest BCUT2D eigenvalue weighted by atomic mass is 10.3. The second-order valence-electron chi connectivity index (χ2n) is 1.82. The molecular formula is C7H13BrO2. The highest BCUT2D eigenvalue weighted by atomic mass is 79.9. The van der Waals surface area contributed by atoms with E-state index in [-0.39, 0.29) is 0 Å². The first-order valence-corrected chi connectivity index (χ1v) is 4.49. The van der Waals surface area contributed by atoms with E-state index in [0.29, 0.717) is 12.4 Å². The zero-order valence-corrected chi connectivity index (χ0v) is 7.73. The van der Waals surface area contributed by atoms with Gasteiger partial charge in [0.15, 0.2) is 0 Å². The topological polar surface area (TPSA) is 29.5 Å². The summed E-state index contributed by atoms with van der Waals surface area (Å²) in [5, 5.41) is 9.52. The van der Waals surface area contributed by atoms with Crippen molar-refractivity contribution < 1.29 is 9.84 Å². The third-order valence-corrected chi connectivity index (χ3v) is 1.59. The zero-order chi connectivity index (χ0) is 7.82. The van der Waals surface area contributed by atoms with Crippen LogP contribution in [0.3, 0.4) is 0 Å². The van der Waals surface area contributed by atoms with Crippen LogP contribution in [0.1, 0.15) is 19.8 Å². The molecular weight excluding hydrogens is 196 g/mol. The van der Waals surface area contributed by atoms with Crippen molar-refractivity contribution >= 4 is 15.9 Å². The first-order valence-electron chi connectivity index (χ1n) is 3.37. The van der Waals surface area contributed by atoms with Gasteiger partial charge < -0.3 is 9.84 Å². The molecule has 0 aromatic heterocycles. The van der Waals surface area contributed by atoms with E-state index >= 15 is 0 Å². The van der Waals surface area contributed by atoms with Crippen molar-refractivity contribution in [2.24, 2.45) is 0 Å². The Hall–Kier alpha value is -0.180. The number of rotatable bonds is 5. The predicted octanol–water partition coefficient (Wildman–Crippen LogP) is 2.60. The van der Waals surface area contributed by atoms with E-state index in [1.54, 1.807) is 0 Å². The lowest BCUT2D eigenvalue weighted by Crippen LogP contribution is -1.92. The SMILES string of the molecule is CCO/C(=C\O)CCCBr. The summed E-state index contributed by atoms with van der Waals surface area (Å²) >= 11 is 3.29. The van der Waals surface area contributed by atoms with Gasteiger partial charge in [-0.2, -0.15) is 0 Å². The molecule has 0 aromatic carbocycles. The van der Waals surface area contributed by atoms with Crippen LogP contribution in [0.15, 0.2) is 12.0 Å². The fourth-order valence-corrected chi connectivity index (χ4v) is 0.881. The van der Waals surface area contributed by atoms with Gasteiger partial charge in [0, 0.05) is 11.8 Å². The van der Waals surface area contributed by atoms with Crippen molar-refractivity contribution in [2.45, 2.75) is 19.8 Å². The molecule has 10 heavy (non-hydrogen) atoms. The molecule has 0 heterocycles. The van der Waals surface area contributed by atoms with Crippen LogP contribution in [0.4, 0.5) is 0 Å². The van der Waals surface area contributed by atoms with Crippen LogP contribution in [0.25, 0.3) is 0 Å². The first kappa shape index (κ1) is 9.82. The molecule has 0 bridgehead atoms. The van der Waals surface area contributed by atoms with Crippen molar-refractivity contribution in [1.82, 2.24) is 0 Å². The summed E-state index contributed by atoms with van der Waals surface area (Å²) in [5.41, 5.74) is 0. The number of ether oxygens (including phenoxy) is 1. The molecule has 0 atom stereocenters. The highest BCUT2D eigenvalue weighted by Crippen LogP contribution is 2.06. The van der Waals surface area contributed by atoms with Crippen LogP contribution in [0.5, 0.6) is 0 Å². The molecule has 3 heteroatoms. The maximum absolute atomic E-state index is 8.58. The first-order chi connectivity index (χ1) is 4.85. The van der Waals surface area contributed by atoms with Gasteiger partial charge in [0.25, 0.3) is 0 Å². The summed E-state index contributed by atoms with van der Waals surface area (Å²) in [4.78, 5) is 0. The molecule has 0 rings (SSSR count). The molecule has 0 amide bonds. The average molecular weight is 209 g/mol. The lowest BCUT2D eigenvalue weighted by molar-refractivity contribution is 0.204. The molecule has 0 fully saturated rings. The van der Waals surface area contributed by atoms with E-state index in [9.17, 15) is 0 Å². The molecule has 0 spiro atoms. The van der Waals surface area contributed by atoms with Crippen molar-refractivity contribution in [3.05, 3.63) is 12.0 Å². The number of hydrogen-bond acceptors (Lipinski definition) is 2. The molecule has 0 aliphatic heterocycles. The quantitative estimate of drug-likeness (QED) is 0.557. The van der Waals surface area contributed by atoms with Gasteiger partial charge in [-0.05, 0) is 13.3 Å². The summed E-state index contributed by atoms with van der Waals surface area (Å²) in [5.74, 6) is 0.668. The minimum absolute atomic E-state index is 0.620. The normalized spacial score (nSPS) is 11.6. The molecule has 1 N–H and O–H groups in total. The monoisotopic (exact) mass is 208 g/mol. The fourth-order valence-electron chi connectivity index (χ4n) is 0.600. The van der Waals surface area contributed by atoms with Gasteiger partial charge >= 0.3 is 0 Å². The van der Waals surface area contributed by atoms with Crippen LogP contribution >= 0.6 is 15.9 Å². The summed E-state index contributed by atoms with van der Waals surface area (Å²) in [6, 6.07) is 0. The Labute approximate surface area is 70.0 Å². The number of alkyl halides is 1. The maximum atomic E-state index is 8.58. The maximum Gasteiger partial charge on any atom is 0.130 e. The molecule has 0 aliphatic rings. The molecule has 2 nitrogen and oxygen atoms in total. The summed E-state index contributed by atoms with van der Waals surface area (Å²) in [6.07, 6.45) is 2.83. The smallest absolute Gasteiger partial charge is 0.130 e. The number of aliphatic hydroxyl groups excluding tert-OH is 1. The third-order valence-electron chi connectivity index (χ3n) is 1.03. The lowest BCUT2D eigenvalue weighted by Gasteiger charge is -2.04. The number of aliphatic hydroxyl groups is 1. The zero-order valence-electron chi connectivity index (χ0n) is 6.14. The Kier molecular flexibility index (Phi) is 6.81. The summed E-state index contributed by atoms with van der Waals surface area (Å²) < 4.78 is 5.08. The van der Waals surface area contributed by atoms with Crippen molar-refractivity contribution in [1.29, 1.82) is 0 Å². The summed E-state index contributed by atoms with van der Waals surface area (Å²) in [6.45, 7) is 2.52. The van der Waals surface area contributed by atoms with E-state index in [1.165, 1.54) is 0 Å². The fraction of sp³-hybridized carbons (Fsp3) is 0.714. The minimum atomic E-state index is 0.620. The third kappa shape index (κ3) is 4.68. The van der Waals surface area contributed by atoms with E-state index in [0.717, 1.165) is 24.4 Å². The van der Waals surface area contributed by atoms with Gasteiger partial charge in [-0.15, -0.1) is 0 Å². The number of hydrogen-bond donors (Lipinski definition) is 1. The van der Waals surface area contributed by atoms with Gasteiger partial charge in [-0.25, -0.2) is 0 Å². The Balaban J connectivity index is 3.41. The van der Waals surface area contributed by atoms with Crippen LogP contribution in [-0.2, 0) is 4.74 Å². The molecule has 0 saturated carbocycles. The van der Waals surface area contributed by atoms with Crippen LogP contribution in [0, 0.1) is 0 Å². The Morgan fingerprint density at radius 3 is 2.80 bits per heavy atom. The van der Waals surface area contributed by atoms with Gasteiger partial charge in [0.05, 0.1) is 6.61 Å². The molecule has 60 valence electrons. The van der Waals surface area contributed by atoms with Gasteiger partial charge in [-0.1, -0.05) is 15.9 Å². The summed E-state index contributed by atoms with van der Waals surface area (Å²) in [7, 11) is 0. The van der Waals surface area contributed by atoms with Crippen LogP contribution in [-0.4, -0.2) is 17.0 Å². The Morgan fingerprint density at radius 1 is 1.70 bits per heavy atom. The van der Waals surface area contributed by atoms with Crippen LogP contribution in [0.2, 0.25) is 0 Å². The van der Waals surface area contributed by atoms with Gasteiger partial charge in [0.2, 0.25) is 0 Å². The van der Waals surface area contributed by atoms with Crippen molar-refractivity contribution in [2.75, 3.05) is 11.9 Å². The standard InChI is InChI=1S/C7H13BrO2/c1-2-10-7(6-9)4-3-5-8/h6,9H,2-5H2,1H3/b7-6-. The average Bonchev–Trinajstić information content (AvgIpc) is 1.98. The Morgan fingerprint density at radius 2 is 2.40 bits per heavy atom. The number of halogens is 1. The molecule has 0 radical (unpaired) electrons. The highest BCUT2D eigenvalue weighted by Gasteiger charge is 1.95. The predicted molar refractivity (Wildman–Crippen MR) is 45.4 cm³/mol. The number of allylic oxidation sites excluding steroid dienone is 1. The van der Waals surface area contributed by atoms with E-state index < -0.39 is 0 Å². The molecule has 0 unspecified atom stereocenters. The second-order valence-corrected chi connectivity index (χ2v) is 2.61. The molecule has 0 aromatic rings. The van der Waals surface area contributed by atoms with E-state index in [4.69, 9.17) is 9.84 Å². The minimum Gasteiger partial charge on any atom is -0.512 e. The van der Waals surface area contributed by atoms with Gasteiger partial charge in [-0.3, -0.25) is 0 Å². The largest absolute Gasteiger partial charge is 0.512 e. The van der Waals surface area contributed by atoms with Crippen LogP contribution < -0.4 is 0 Å². The van der Waals surface area contributed by atoms with Crippen molar-refractivity contribution in [3.8, 4) is 0 Å².